The summed E-state index contributed by atoms with van der Waals surface area (Å²) in [4.78, 5) is 12.5. The van der Waals surface area contributed by atoms with E-state index in [0.29, 0.717) is 5.41 Å². The minimum Gasteiger partial charge on any atom is -0.344 e. The van der Waals surface area contributed by atoms with Crippen molar-refractivity contribution in [1.29, 1.82) is 0 Å². The van der Waals surface area contributed by atoms with Gasteiger partial charge in [0.05, 0.1) is 5.52 Å². The van der Waals surface area contributed by atoms with E-state index in [1.54, 1.807) is 0 Å². The van der Waals surface area contributed by atoms with Gasteiger partial charge in [-0.3, -0.25) is 4.79 Å². The van der Waals surface area contributed by atoms with E-state index in [1.807, 2.05) is 21.7 Å². The Morgan fingerprint density at radius 1 is 1.32 bits per heavy atom. The van der Waals surface area contributed by atoms with Crippen molar-refractivity contribution in [2.75, 3.05) is 13.1 Å². The van der Waals surface area contributed by atoms with Gasteiger partial charge in [-0.05, 0) is 42.9 Å². The summed E-state index contributed by atoms with van der Waals surface area (Å²) in [5.41, 5.74) is 2.98. The second kappa shape index (κ2) is 3.83. The van der Waals surface area contributed by atoms with Crippen molar-refractivity contribution in [2.24, 2.45) is 11.3 Å². The molecule has 2 fully saturated rings. The number of hydrogen-bond acceptors (Lipinski definition) is 2. The molecule has 4 heteroatoms. The number of hydrogen-bond donors (Lipinski definition) is 0. The highest BCUT2D eigenvalue weighted by Crippen LogP contribution is 2.52. The van der Waals surface area contributed by atoms with E-state index in [9.17, 15) is 4.79 Å². The molecular weight excluding hydrogens is 238 g/mol. The van der Waals surface area contributed by atoms with Crippen molar-refractivity contribution < 1.29 is 4.79 Å². The van der Waals surface area contributed by atoms with E-state index < -0.39 is 0 Å². The van der Waals surface area contributed by atoms with E-state index in [4.69, 9.17) is 0 Å². The summed E-state index contributed by atoms with van der Waals surface area (Å²) in [6.45, 7) is 1.95. The molecule has 2 aliphatic rings. The van der Waals surface area contributed by atoms with Crippen molar-refractivity contribution >= 4 is 11.9 Å². The van der Waals surface area contributed by atoms with Crippen molar-refractivity contribution in [2.45, 2.75) is 19.3 Å². The average molecular weight is 255 g/mol. The molecule has 0 bridgehead atoms. The SMILES string of the molecule is O=CN1CC2(CC(Cc3ccc4ccnn4c3)C2)C1. The van der Waals surface area contributed by atoms with Gasteiger partial charge >= 0.3 is 0 Å². The van der Waals surface area contributed by atoms with E-state index in [-0.39, 0.29) is 0 Å². The standard InChI is InChI=1S/C15H17N3O/c19-11-17-9-15(10-17)6-13(7-15)5-12-1-2-14-3-4-16-18(14)8-12/h1-4,8,11,13H,5-7,9-10H2. The molecule has 1 saturated heterocycles. The smallest absolute Gasteiger partial charge is 0.209 e. The number of carbonyl (C=O) groups excluding carboxylic acids is 1. The first kappa shape index (κ1) is 11.0. The normalized spacial score (nSPS) is 21.4. The number of likely N-dealkylation sites (tertiary alicyclic amines) is 1. The van der Waals surface area contributed by atoms with Crippen molar-refractivity contribution in [3.63, 3.8) is 0 Å². The summed E-state index contributed by atoms with van der Waals surface area (Å²) in [5, 5.41) is 4.28. The summed E-state index contributed by atoms with van der Waals surface area (Å²) in [5.74, 6) is 0.779. The third-order valence-electron chi connectivity index (χ3n) is 4.65. The Labute approximate surface area is 112 Å². The molecule has 19 heavy (non-hydrogen) atoms. The minimum atomic E-state index is 0.474. The van der Waals surface area contributed by atoms with Gasteiger partial charge < -0.3 is 4.90 Å². The first-order valence-electron chi connectivity index (χ1n) is 6.88. The van der Waals surface area contributed by atoms with Crippen LogP contribution < -0.4 is 0 Å². The highest BCUT2D eigenvalue weighted by molar-refractivity contribution is 5.50. The molecule has 1 amide bonds. The highest BCUT2D eigenvalue weighted by Gasteiger charge is 2.51. The van der Waals surface area contributed by atoms with E-state index in [0.717, 1.165) is 37.4 Å². The molecule has 0 atom stereocenters. The van der Waals surface area contributed by atoms with Gasteiger partial charge in [0.15, 0.2) is 0 Å². The fourth-order valence-electron chi connectivity index (χ4n) is 3.87. The molecular formula is C15H17N3O. The van der Waals surface area contributed by atoms with Crippen LogP contribution >= 0.6 is 0 Å². The first-order chi connectivity index (χ1) is 9.26. The fourth-order valence-corrected chi connectivity index (χ4v) is 3.87. The summed E-state index contributed by atoms with van der Waals surface area (Å²) < 4.78 is 1.95. The predicted molar refractivity (Wildman–Crippen MR) is 71.7 cm³/mol. The van der Waals surface area contributed by atoms with Crippen LogP contribution in [0, 0.1) is 11.3 Å². The maximum Gasteiger partial charge on any atom is 0.209 e. The second-order valence-electron chi connectivity index (χ2n) is 6.23. The Balaban J connectivity index is 1.39. The molecule has 3 heterocycles. The second-order valence-corrected chi connectivity index (χ2v) is 6.23. The van der Waals surface area contributed by atoms with Gasteiger partial charge in [0.1, 0.15) is 0 Å². The quantitative estimate of drug-likeness (QED) is 0.784. The van der Waals surface area contributed by atoms with Crippen molar-refractivity contribution in [3.8, 4) is 0 Å². The molecule has 0 unspecified atom stereocenters. The van der Waals surface area contributed by atoms with Crippen LogP contribution in [0.5, 0.6) is 0 Å². The van der Waals surface area contributed by atoms with Crippen LogP contribution in [-0.2, 0) is 11.2 Å². The topological polar surface area (TPSA) is 37.6 Å². The van der Waals surface area contributed by atoms with Crippen molar-refractivity contribution in [1.82, 2.24) is 14.5 Å². The molecule has 98 valence electrons. The van der Waals surface area contributed by atoms with Crippen LogP contribution in [0.1, 0.15) is 18.4 Å². The average Bonchev–Trinajstić information content (AvgIpc) is 2.77. The summed E-state index contributed by atoms with van der Waals surface area (Å²) >= 11 is 0. The molecule has 4 rings (SSSR count). The molecule has 1 aliphatic carbocycles. The van der Waals surface area contributed by atoms with Crippen LogP contribution in [0.15, 0.2) is 30.6 Å². The monoisotopic (exact) mass is 255 g/mol. The summed E-state index contributed by atoms with van der Waals surface area (Å²) in [6.07, 6.45) is 8.63. The molecule has 2 aromatic rings. The molecule has 1 saturated carbocycles. The van der Waals surface area contributed by atoms with Gasteiger partial charge in [-0.2, -0.15) is 5.10 Å². The minimum absolute atomic E-state index is 0.474. The number of amides is 1. The van der Waals surface area contributed by atoms with Crippen LogP contribution in [0.25, 0.3) is 5.52 Å². The molecule has 0 radical (unpaired) electrons. The van der Waals surface area contributed by atoms with Gasteiger partial charge in [-0.15, -0.1) is 0 Å². The van der Waals surface area contributed by atoms with Crippen LogP contribution in [0.3, 0.4) is 0 Å². The number of fused-ring (bicyclic) bond motifs is 1. The van der Waals surface area contributed by atoms with Gasteiger partial charge in [0, 0.05) is 30.9 Å². The van der Waals surface area contributed by atoms with Crippen LogP contribution in [-0.4, -0.2) is 34.0 Å². The van der Waals surface area contributed by atoms with Gasteiger partial charge in [0.25, 0.3) is 0 Å². The summed E-state index contributed by atoms with van der Waals surface area (Å²) in [6, 6.07) is 6.36. The fraction of sp³-hybridized carbons (Fsp3) is 0.467. The molecule has 1 spiro atoms. The Kier molecular flexibility index (Phi) is 2.22. The zero-order chi connectivity index (χ0) is 12.9. The number of carbonyl (C=O) groups is 1. The number of rotatable bonds is 3. The maximum atomic E-state index is 10.6. The predicted octanol–water partition coefficient (Wildman–Crippen LogP) is 1.75. The Morgan fingerprint density at radius 2 is 2.16 bits per heavy atom. The number of aromatic nitrogens is 2. The van der Waals surface area contributed by atoms with Gasteiger partial charge in [-0.25, -0.2) is 4.52 Å². The van der Waals surface area contributed by atoms with Crippen LogP contribution in [0.2, 0.25) is 0 Å². The van der Waals surface area contributed by atoms with E-state index >= 15 is 0 Å². The molecule has 0 aromatic carbocycles. The van der Waals surface area contributed by atoms with Gasteiger partial charge in [0.2, 0.25) is 6.41 Å². The largest absolute Gasteiger partial charge is 0.344 e. The third-order valence-corrected chi connectivity index (χ3v) is 4.65. The lowest BCUT2D eigenvalue weighted by molar-refractivity contribution is -0.141. The Morgan fingerprint density at radius 3 is 2.95 bits per heavy atom. The molecule has 2 aromatic heterocycles. The lowest BCUT2D eigenvalue weighted by atomic mass is 9.57. The summed E-state index contributed by atoms with van der Waals surface area (Å²) in [7, 11) is 0. The lowest BCUT2D eigenvalue weighted by Crippen LogP contribution is -2.61. The Bertz CT molecular complexity index is 619. The van der Waals surface area contributed by atoms with E-state index in [2.05, 4.69) is 23.4 Å². The molecule has 0 N–H and O–H groups in total. The highest BCUT2D eigenvalue weighted by atomic mass is 16.1. The van der Waals surface area contributed by atoms with Crippen LogP contribution in [0.4, 0.5) is 0 Å². The molecule has 1 aliphatic heterocycles. The van der Waals surface area contributed by atoms with E-state index in [1.165, 1.54) is 18.4 Å². The first-order valence-corrected chi connectivity index (χ1v) is 6.88. The number of pyridine rings is 1. The Hall–Kier alpha value is -1.84. The van der Waals surface area contributed by atoms with Gasteiger partial charge in [-0.1, -0.05) is 6.07 Å². The third kappa shape index (κ3) is 1.74. The zero-order valence-electron chi connectivity index (χ0n) is 10.8. The number of nitrogens with zero attached hydrogens (tertiary/aromatic N) is 3. The maximum absolute atomic E-state index is 10.6. The zero-order valence-corrected chi connectivity index (χ0v) is 10.8. The molecule has 4 nitrogen and oxygen atoms in total. The van der Waals surface area contributed by atoms with Crippen molar-refractivity contribution in [3.05, 3.63) is 36.2 Å². The lowest BCUT2D eigenvalue weighted by Gasteiger charge is -2.58.